The molecule has 1 N–H and O–H groups in total. The Bertz CT molecular complexity index is 860. The lowest BCUT2D eigenvalue weighted by molar-refractivity contribution is -0.178. The van der Waals surface area contributed by atoms with Crippen LogP contribution in [0.2, 0.25) is 0 Å². The third-order valence-corrected chi connectivity index (χ3v) is 11.7. The van der Waals surface area contributed by atoms with Crippen molar-refractivity contribution in [3.63, 3.8) is 0 Å². The highest BCUT2D eigenvalue weighted by atomic mass is 16.8. The van der Waals surface area contributed by atoms with E-state index in [4.69, 9.17) is 9.47 Å². The molecule has 0 radical (unpaired) electrons. The van der Waals surface area contributed by atoms with Gasteiger partial charge < -0.3 is 14.6 Å². The minimum atomic E-state index is -0.600. The van der Waals surface area contributed by atoms with Gasteiger partial charge in [-0.3, -0.25) is 4.79 Å². The van der Waals surface area contributed by atoms with Crippen molar-refractivity contribution in [3.05, 3.63) is 11.8 Å². The maximum atomic E-state index is 12.9. The number of hydrogen-bond donors (Lipinski definition) is 1. The summed E-state index contributed by atoms with van der Waals surface area (Å²) in [6, 6.07) is 0. The molecule has 0 aromatic heterocycles. The minimum Gasteiger partial charge on any atom is -0.515 e. The first kappa shape index (κ1) is 25.8. The summed E-state index contributed by atoms with van der Waals surface area (Å²) >= 11 is 0. The van der Waals surface area contributed by atoms with Gasteiger partial charge in [0.25, 0.3) is 0 Å². The fraction of sp³-hybridized carbons (Fsp3) is 0.903. The van der Waals surface area contributed by atoms with Crippen molar-refractivity contribution >= 4 is 5.78 Å². The third-order valence-electron chi connectivity index (χ3n) is 11.7. The van der Waals surface area contributed by atoms with Crippen LogP contribution in [0.4, 0.5) is 0 Å². The Morgan fingerprint density at radius 1 is 0.943 bits per heavy atom. The Kier molecular flexibility index (Phi) is 6.52. The zero-order valence-corrected chi connectivity index (χ0v) is 23.3. The lowest BCUT2D eigenvalue weighted by atomic mass is 9.43. The average molecular weight is 487 g/mol. The molecule has 0 unspecified atom stereocenters. The summed E-state index contributed by atoms with van der Waals surface area (Å²) in [4.78, 5) is 12.9. The third kappa shape index (κ3) is 4.04. The first-order valence-electron chi connectivity index (χ1n) is 14.6. The molecule has 1 heterocycles. The van der Waals surface area contributed by atoms with E-state index in [2.05, 4.69) is 48.5 Å². The molecule has 4 aliphatic carbocycles. The molecule has 0 aromatic carbocycles. The average Bonchev–Trinajstić information content (AvgIpc) is 3.29. The predicted octanol–water partition coefficient (Wildman–Crippen LogP) is 7.47. The highest BCUT2D eigenvalue weighted by Crippen LogP contribution is 2.70. The topological polar surface area (TPSA) is 55.8 Å². The van der Waals surface area contributed by atoms with Crippen LogP contribution in [0.3, 0.4) is 0 Å². The van der Waals surface area contributed by atoms with Crippen molar-refractivity contribution in [1.82, 2.24) is 0 Å². The van der Waals surface area contributed by atoms with Crippen molar-refractivity contribution in [2.45, 2.75) is 124 Å². The van der Waals surface area contributed by atoms with Crippen LogP contribution >= 0.6 is 0 Å². The van der Waals surface area contributed by atoms with Crippen molar-refractivity contribution in [2.75, 3.05) is 0 Å². The van der Waals surface area contributed by atoms with E-state index < -0.39 is 5.79 Å². The number of carbonyl (C=O) groups is 1. The number of hydrogen-bond acceptors (Lipinski definition) is 4. The lowest BCUT2D eigenvalue weighted by Gasteiger charge is -2.63. The van der Waals surface area contributed by atoms with Gasteiger partial charge in [0, 0.05) is 17.9 Å². The summed E-state index contributed by atoms with van der Waals surface area (Å²) in [6.07, 6.45) is 11.5. The van der Waals surface area contributed by atoms with Gasteiger partial charge in [0.15, 0.2) is 11.6 Å². The van der Waals surface area contributed by atoms with Gasteiger partial charge in [-0.1, -0.05) is 53.9 Å². The quantitative estimate of drug-likeness (QED) is 0.323. The van der Waals surface area contributed by atoms with Crippen molar-refractivity contribution in [1.29, 1.82) is 0 Å². The molecule has 0 aromatic rings. The molecule has 0 spiro atoms. The molecular formula is C31H50O4. The van der Waals surface area contributed by atoms with Gasteiger partial charge in [-0.25, -0.2) is 0 Å². The number of aliphatic hydroxyl groups is 1. The molecule has 4 heteroatoms. The Morgan fingerprint density at radius 3 is 2.31 bits per heavy atom. The number of ether oxygens (including phenoxy) is 2. The second kappa shape index (κ2) is 8.86. The molecule has 35 heavy (non-hydrogen) atoms. The smallest absolute Gasteiger partial charge is 0.163 e. The molecule has 0 bridgehead atoms. The van der Waals surface area contributed by atoms with Gasteiger partial charge in [-0.05, 0) is 92.3 Å². The second-order valence-electron chi connectivity index (χ2n) is 14.5. The van der Waals surface area contributed by atoms with Gasteiger partial charge in [0.2, 0.25) is 0 Å². The summed E-state index contributed by atoms with van der Waals surface area (Å²) in [6.45, 7) is 16.3. The van der Waals surface area contributed by atoms with Crippen LogP contribution in [0.1, 0.15) is 106 Å². The predicted molar refractivity (Wildman–Crippen MR) is 139 cm³/mol. The number of allylic oxidation sites excluding steroid dienone is 1. The Labute approximate surface area is 213 Å². The fourth-order valence-electron chi connectivity index (χ4n) is 10.1. The summed E-state index contributed by atoms with van der Waals surface area (Å²) in [7, 11) is 0. The number of carbonyl (C=O) groups excluding carboxylic acids is 1. The van der Waals surface area contributed by atoms with Crippen molar-refractivity contribution in [2.24, 2.45) is 52.3 Å². The molecule has 5 fully saturated rings. The van der Waals surface area contributed by atoms with Crippen molar-refractivity contribution in [3.8, 4) is 0 Å². The van der Waals surface area contributed by atoms with E-state index in [1.54, 1.807) is 0 Å². The van der Waals surface area contributed by atoms with Crippen LogP contribution in [0, 0.1) is 52.3 Å². The van der Waals surface area contributed by atoms with Crippen LogP contribution in [0.15, 0.2) is 11.8 Å². The number of ketones is 1. The Balaban J connectivity index is 1.46. The van der Waals surface area contributed by atoms with E-state index in [9.17, 15) is 9.90 Å². The SMILES string of the molecule is CC(C)CCC[C@@H](C)[C@H]1CC[C@H]2[C@@H]3[C@H]4OC(C)(C)O[C@@H]4[C@H]4CC(=O)C(=CO)C[C@]4(C)[C@H]3CC[C@]12C. The molecule has 1 aliphatic heterocycles. The molecule has 5 aliphatic rings. The number of rotatable bonds is 5. The van der Waals surface area contributed by atoms with Crippen LogP contribution in [-0.4, -0.2) is 28.9 Å². The minimum absolute atomic E-state index is 0.0229. The van der Waals surface area contributed by atoms with Gasteiger partial charge in [0.1, 0.15) is 0 Å². The summed E-state index contributed by atoms with van der Waals surface area (Å²) in [5.74, 6) is 3.67. The van der Waals surface area contributed by atoms with E-state index in [0.29, 0.717) is 41.6 Å². The first-order chi connectivity index (χ1) is 16.4. The summed E-state index contributed by atoms with van der Waals surface area (Å²) in [5.41, 5.74) is 0.957. The summed E-state index contributed by atoms with van der Waals surface area (Å²) in [5, 5.41) is 9.89. The maximum absolute atomic E-state index is 12.9. The van der Waals surface area contributed by atoms with Gasteiger partial charge in [0.05, 0.1) is 18.5 Å². The highest BCUT2D eigenvalue weighted by molar-refractivity contribution is 5.96. The normalized spacial score (nSPS) is 48.4. The molecule has 10 atom stereocenters. The van der Waals surface area contributed by atoms with E-state index >= 15 is 0 Å². The fourth-order valence-corrected chi connectivity index (χ4v) is 10.1. The number of Topliss-reactive ketones (excluding diaryl/α,β-unsaturated/α-hetero) is 1. The molecule has 4 saturated carbocycles. The molecule has 198 valence electrons. The van der Waals surface area contributed by atoms with Crippen LogP contribution in [0.25, 0.3) is 0 Å². The van der Waals surface area contributed by atoms with Gasteiger partial charge in [-0.2, -0.15) is 0 Å². The maximum Gasteiger partial charge on any atom is 0.163 e. The molecular weight excluding hydrogens is 436 g/mol. The number of fused-ring (bicyclic) bond motifs is 8. The zero-order valence-electron chi connectivity index (χ0n) is 23.3. The van der Waals surface area contributed by atoms with Crippen LogP contribution in [0.5, 0.6) is 0 Å². The highest BCUT2D eigenvalue weighted by Gasteiger charge is 2.69. The first-order valence-corrected chi connectivity index (χ1v) is 14.6. The number of aliphatic hydroxyl groups excluding tert-OH is 1. The lowest BCUT2D eigenvalue weighted by Crippen LogP contribution is -2.63. The van der Waals surface area contributed by atoms with E-state index in [1.165, 1.54) is 44.9 Å². The standard InChI is InChI=1S/C31H50O4/c1-18(2)9-8-10-19(3)21-11-12-22-26-23(13-14-30(21,22)6)31(7)16-20(17-32)25(33)15-24(31)27-28(26)35-29(4,5)34-27/h17-19,21-24,26-28,32H,8-16H2,1-7H3/t19-,21-,22+,23+,24-,26+,27-,28-,30-,31-/m1/s1. The van der Waals surface area contributed by atoms with Crippen molar-refractivity contribution < 1.29 is 19.4 Å². The van der Waals surface area contributed by atoms with Crippen LogP contribution in [-0.2, 0) is 14.3 Å². The van der Waals surface area contributed by atoms with E-state index in [1.807, 2.05) is 0 Å². The Hall–Kier alpha value is -0.870. The largest absolute Gasteiger partial charge is 0.515 e. The molecule has 0 amide bonds. The monoisotopic (exact) mass is 486 g/mol. The second-order valence-corrected chi connectivity index (χ2v) is 14.5. The van der Waals surface area contributed by atoms with Gasteiger partial charge >= 0.3 is 0 Å². The van der Waals surface area contributed by atoms with Crippen LogP contribution < -0.4 is 0 Å². The zero-order chi connectivity index (χ0) is 25.3. The Morgan fingerprint density at radius 2 is 1.63 bits per heavy atom. The molecule has 5 rings (SSSR count). The molecule has 4 nitrogen and oxygen atoms in total. The molecule has 1 saturated heterocycles. The summed E-state index contributed by atoms with van der Waals surface area (Å²) < 4.78 is 13.4. The van der Waals surface area contributed by atoms with E-state index in [0.717, 1.165) is 24.0 Å². The van der Waals surface area contributed by atoms with Gasteiger partial charge in [-0.15, -0.1) is 0 Å². The van der Waals surface area contributed by atoms with E-state index in [-0.39, 0.29) is 29.3 Å².